The minimum absolute atomic E-state index is 0.00736. The first kappa shape index (κ1) is 29.3. The molecule has 1 aromatic heterocycles. The number of nitrogens with one attached hydrogen (secondary N) is 2. The van der Waals surface area contributed by atoms with Gasteiger partial charge in [-0.05, 0) is 64.2 Å². The smallest absolute Gasteiger partial charge is 0.411 e. The second kappa shape index (κ2) is 12.6. The first-order valence-electron chi connectivity index (χ1n) is 16.0. The molecule has 0 saturated carbocycles. The minimum Gasteiger partial charge on any atom is -0.494 e. The Hall–Kier alpha value is -6.09. The topological polar surface area (TPSA) is 97.8 Å². The molecule has 2 N–H and O–H groups in total. The highest BCUT2D eigenvalue weighted by atomic mass is 16.5. The van der Waals surface area contributed by atoms with E-state index in [4.69, 9.17) is 24.2 Å². The Morgan fingerprint density at radius 3 is 2.35 bits per heavy atom. The number of para-hydroxylation sites is 3. The fourth-order valence-corrected chi connectivity index (χ4v) is 6.56. The van der Waals surface area contributed by atoms with Crippen LogP contribution in [0.4, 0.5) is 27.9 Å². The molecule has 0 unspecified atom stereocenters. The normalized spacial score (nSPS) is 13.2. The molecule has 0 bridgehead atoms. The Bertz CT molecular complexity index is 2090. The second-order valence-electron chi connectivity index (χ2n) is 11.7. The molecule has 9 nitrogen and oxygen atoms in total. The summed E-state index contributed by atoms with van der Waals surface area (Å²) in [5.74, 6) is 2.73. The van der Waals surface area contributed by atoms with E-state index in [0.717, 1.165) is 27.9 Å². The summed E-state index contributed by atoms with van der Waals surface area (Å²) in [5.41, 5.74) is 8.07. The van der Waals surface area contributed by atoms with Crippen molar-refractivity contribution in [1.29, 1.82) is 0 Å². The fourth-order valence-electron chi connectivity index (χ4n) is 6.56. The SMILES string of the molecule is COc1cccc2c(NCc3ccc(NC(=O)OCC4c5ccccc5-c5ccccc54)cc3)nc(N3CCOc4ccccc43)nc12. The van der Waals surface area contributed by atoms with Gasteiger partial charge in [0.2, 0.25) is 5.95 Å². The molecule has 6 aromatic rings. The lowest BCUT2D eigenvalue weighted by atomic mass is 9.98. The first-order chi connectivity index (χ1) is 23.7. The molecule has 0 atom stereocenters. The van der Waals surface area contributed by atoms with Gasteiger partial charge >= 0.3 is 6.09 Å². The van der Waals surface area contributed by atoms with E-state index in [9.17, 15) is 4.79 Å². The predicted octanol–water partition coefficient (Wildman–Crippen LogP) is 8.14. The zero-order valence-corrected chi connectivity index (χ0v) is 26.4. The van der Waals surface area contributed by atoms with E-state index >= 15 is 0 Å². The Labute approximate surface area is 278 Å². The van der Waals surface area contributed by atoms with E-state index in [1.54, 1.807) is 7.11 Å². The number of hydrogen-bond acceptors (Lipinski definition) is 8. The van der Waals surface area contributed by atoms with Crippen molar-refractivity contribution in [3.63, 3.8) is 0 Å². The molecule has 0 saturated heterocycles. The van der Waals surface area contributed by atoms with Gasteiger partial charge in [-0.2, -0.15) is 4.98 Å². The zero-order valence-electron chi connectivity index (χ0n) is 26.4. The molecule has 238 valence electrons. The summed E-state index contributed by atoms with van der Waals surface area (Å²) >= 11 is 0. The van der Waals surface area contributed by atoms with Gasteiger partial charge in [0.15, 0.2) is 0 Å². The lowest BCUT2D eigenvalue weighted by molar-refractivity contribution is 0.158. The molecular weight excluding hydrogens is 602 g/mol. The molecule has 1 aliphatic heterocycles. The van der Waals surface area contributed by atoms with Crippen LogP contribution in [0.5, 0.6) is 11.5 Å². The third-order valence-electron chi connectivity index (χ3n) is 8.87. The van der Waals surface area contributed by atoms with Crippen LogP contribution >= 0.6 is 0 Å². The quantitative estimate of drug-likeness (QED) is 0.173. The van der Waals surface area contributed by atoms with Gasteiger partial charge in [0.25, 0.3) is 0 Å². The van der Waals surface area contributed by atoms with E-state index < -0.39 is 6.09 Å². The average Bonchev–Trinajstić information content (AvgIpc) is 3.46. The van der Waals surface area contributed by atoms with E-state index in [2.05, 4.69) is 39.8 Å². The summed E-state index contributed by atoms with van der Waals surface area (Å²) in [5, 5.41) is 7.24. The number of anilines is 4. The molecule has 0 radical (unpaired) electrons. The van der Waals surface area contributed by atoms with Crippen molar-refractivity contribution in [2.24, 2.45) is 0 Å². The predicted molar refractivity (Wildman–Crippen MR) is 187 cm³/mol. The van der Waals surface area contributed by atoms with Crippen LogP contribution in [0.1, 0.15) is 22.6 Å². The highest BCUT2D eigenvalue weighted by Gasteiger charge is 2.29. The van der Waals surface area contributed by atoms with E-state index in [0.29, 0.717) is 42.9 Å². The van der Waals surface area contributed by atoms with Gasteiger partial charge in [-0.15, -0.1) is 0 Å². The number of aromatic nitrogens is 2. The van der Waals surface area contributed by atoms with Crippen molar-refractivity contribution < 1.29 is 19.0 Å². The average molecular weight is 636 g/mol. The molecule has 5 aromatic carbocycles. The maximum atomic E-state index is 12.8. The summed E-state index contributed by atoms with van der Waals surface area (Å²) in [4.78, 5) is 24.8. The first-order valence-corrected chi connectivity index (χ1v) is 16.0. The Morgan fingerprint density at radius 1 is 0.854 bits per heavy atom. The Balaban J connectivity index is 0.956. The van der Waals surface area contributed by atoms with Gasteiger partial charge in [0.1, 0.15) is 36.0 Å². The second-order valence-corrected chi connectivity index (χ2v) is 11.7. The molecular formula is C39H33N5O4. The monoisotopic (exact) mass is 635 g/mol. The van der Waals surface area contributed by atoms with Crippen molar-refractivity contribution in [3.05, 3.63) is 132 Å². The van der Waals surface area contributed by atoms with Crippen LogP contribution in [0.15, 0.2) is 115 Å². The van der Waals surface area contributed by atoms with Gasteiger partial charge in [-0.25, -0.2) is 9.78 Å². The lowest BCUT2D eigenvalue weighted by Gasteiger charge is -2.30. The zero-order chi connectivity index (χ0) is 32.5. The third kappa shape index (κ3) is 5.49. The van der Waals surface area contributed by atoms with Crippen molar-refractivity contribution in [3.8, 4) is 22.6 Å². The van der Waals surface area contributed by atoms with E-state index in [-0.39, 0.29) is 12.5 Å². The van der Waals surface area contributed by atoms with E-state index in [1.807, 2.05) is 91.0 Å². The number of methoxy groups -OCH3 is 1. The number of ether oxygens (including phenoxy) is 3. The van der Waals surface area contributed by atoms with Gasteiger partial charge in [0.05, 0.1) is 19.3 Å². The van der Waals surface area contributed by atoms with Crippen LogP contribution in [0, 0.1) is 0 Å². The molecule has 8 rings (SSSR count). The summed E-state index contributed by atoms with van der Waals surface area (Å²) in [7, 11) is 1.64. The number of nitrogens with zero attached hydrogens (tertiary/aromatic N) is 3. The van der Waals surface area contributed by atoms with Gasteiger partial charge in [0, 0.05) is 23.5 Å². The Kier molecular flexibility index (Phi) is 7.70. The van der Waals surface area contributed by atoms with Crippen molar-refractivity contribution in [1.82, 2.24) is 9.97 Å². The van der Waals surface area contributed by atoms with Gasteiger partial charge in [-0.3, -0.25) is 5.32 Å². The van der Waals surface area contributed by atoms with Crippen LogP contribution in [0.3, 0.4) is 0 Å². The number of fused-ring (bicyclic) bond motifs is 5. The summed E-state index contributed by atoms with van der Waals surface area (Å²) in [6.07, 6.45) is -0.485. The molecule has 1 aliphatic carbocycles. The summed E-state index contributed by atoms with van der Waals surface area (Å²) < 4.78 is 17.3. The lowest BCUT2D eigenvalue weighted by Crippen LogP contribution is -2.30. The maximum Gasteiger partial charge on any atom is 0.411 e. The highest BCUT2D eigenvalue weighted by molar-refractivity contribution is 5.94. The van der Waals surface area contributed by atoms with Crippen LogP contribution in [-0.2, 0) is 11.3 Å². The number of benzene rings is 5. The standard InChI is InChI=1S/C39H33N5O4/c1-46-35-16-8-13-31-36(35)42-38(44-21-22-47-34-15-7-6-14-33(34)44)43-37(31)40-23-25-17-19-26(20-18-25)41-39(45)48-24-32-29-11-4-2-9-27(29)28-10-3-5-12-30(28)32/h2-20,32H,21-24H2,1H3,(H,41,45)(H,40,42,43). The number of carbonyl (C=O) groups is 1. The molecule has 9 heteroatoms. The molecule has 0 spiro atoms. The van der Waals surface area contributed by atoms with Gasteiger partial charge in [-0.1, -0.05) is 78.9 Å². The van der Waals surface area contributed by atoms with E-state index in [1.165, 1.54) is 22.3 Å². The molecule has 48 heavy (non-hydrogen) atoms. The summed E-state index contributed by atoms with van der Waals surface area (Å²) in [6, 6.07) is 38.0. The molecule has 1 amide bonds. The van der Waals surface area contributed by atoms with Crippen LogP contribution in [-0.4, -0.2) is 42.9 Å². The fraction of sp³-hybridized carbons (Fsp3) is 0.154. The Morgan fingerprint density at radius 2 is 1.58 bits per heavy atom. The molecule has 2 aliphatic rings. The van der Waals surface area contributed by atoms with Crippen LogP contribution in [0.25, 0.3) is 22.0 Å². The van der Waals surface area contributed by atoms with Crippen molar-refractivity contribution >= 4 is 40.1 Å². The highest BCUT2D eigenvalue weighted by Crippen LogP contribution is 2.44. The maximum absolute atomic E-state index is 12.8. The number of hydrogen-bond donors (Lipinski definition) is 2. The van der Waals surface area contributed by atoms with Crippen LogP contribution in [0.2, 0.25) is 0 Å². The van der Waals surface area contributed by atoms with Crippen molar-refractivity contribution in [2.75, 3.05) is 42.4 Å². The molecule has 2 heterocycles. The number of carbonyl (C=O) groups excluding carboxylic acids is 1. The molecule has 0 fully saturated rings. The number of rotatable bonds is 8. The largest absolute Gasteiger partial charge is 0.494 e. The van der Waals surface area contributed by atoms with Gasteiger partial charge < -0.3 is 24.4 Å². The number of amides is 1. The third-order valence-corrected chi connectivity index (χ3v) is 8.87. The minimum atomic E-state index is -0.485. The summed E-state index contributed by atoms with van der Waals surface area (Å²) in [6.45, 7) is 1.92. The van der Waals surface area contributed by atoms with Crippen molar-refractivity contribution in [2.45, 2.75) is 12.5 Å². The van der Waals surface area contributed by atoms with Crippen LogP contribution < -0.4 is 25.0 Å².